The van der Waals surface area contributed by atoms with Gasteiger partial charge >= 0.3 is 0 Å². The highest BCUT2D eigenvalue weighted by atomic mass is 16.5. The van der Waals surface area contributed by atoms with E-state index in [1.807, 2.05) is 26.0 Å². The Kier molecular flexibility index (Phi) is 4.02. The fourth-order valence-corrected chi connectivity index (χ4v) is 2.02. The van der Waals surface area contributed by atoms with E-state index in [0.717, 1.165) is 18.8 Å². The molecule has 2 atom stereocenters. The van der Waals surface area contributed by atoms with E-state index in [0.29, 0.717) is 0 Å². The van der Waals surface area contributed by atoms with E-state index in [1.165, 1.54) is 5.56 Å². The number of hydrogen-bond donors (Lipinski definition) is 1. The molecule has 1 N–H and O–H groups in total. The van der Waals surface area contributed by atoms with Gasteiger partial charge in [0.15, 0.2) is 0 Å². The number of morpholine rings is 1. The summed E-state index contributed by atoms with van der Waals surface area (Å²) in [4.78, 5) is 0. The monoisotopic (exact) mass is 235 g/mol. The van der Waals surface area contributed by atoms with Gasteiger partial charge < -0.3 is 14.8 Å². The second kappa shape index (κ2) is 5.52. The second-order valence-electron chi connectivity index (χ2n) is 4.83. The first-order valence-corrected chi connectivity index (χ1v) is 6.28. The van der Waals surface area contributed by atoms with Crippen molar-refractivity contribution in [2.24, 2.45) is 0 Å². The van der Waals surface area contributed by atoms with Gasteiger partial charge in [-0.15, -0.1) is 0 Å². The Labute approximate surface area is 103 Å². The number of ether oxygens (including phenoxy) is 2. The summed E-state index contributed by atoms with van der Waals surface area (Å²) in [5.41, 5.74) is 1.21. The van der Waals surface area contributed by atoms with E-state index in [-0.39, 0.29) is 18.3 Å². The topological polar surface area (TPSA) is 30.5 Å². The summed E-state index contributed by atoms with van der Waals surface area (Å²) in [5, 5.41) is 3.37. The molecule has 0 spiro atoms. The van der Waals surface area contributed by atoms with E-state index < -0.39 is 0 Å². The molecule has 17 heavy (non-hydrogen) atoms. The molecule has 3 heteroatoms. The summed E-state index contributed by atoms with van der Waals surface area (Å²) in [6.07, 6.45) is 0.653. The van der Waals surface area contributed by atoms with Crippen LogP contribution in [0.3, 0.4) is 0 Å². The van der Waals surface area contributed by atoms with Crippen LogP contribution in [0.2, 0.25) is 0 Å². The number of rotatable bonds is 3. The molecular weight excluding hydrogens is 214 g/mol. The van der Waals surface area contributed by atoms with Crippen LogP contribution in [0.1, 0.15) is 32.4 Å². The van der Waals surface area contributed by atoms with E-state index >= 15 is 0 Å². The normalized spacial score (nSPS) is 24.9. The molecule has 0 amide bonds. The van der Waals surface area contributed by atoms with Crippen LogP contribution in [0.5, 0.6) is 5.75 Å². The third-order valence-electron chi connectivity index (χ3n) is 2.78. The molecule has 1 aromatic carbocycles. The highest BCUT2D eigenvalue weighted by molar-refractivity contribution is 5.29. The van der Waals surface area contributed by atoms with Gasteiger partial charge in [0.25, 0.3) is 0 Å². The van der Waals surface area contributed by atoms with Gasteiger partial charge in [-0.25, -0.2) is 0 Å². The molecule has 0 radical (unpaired) electrons. The lowest BCUT2D eigenvalue weighted by Crippen LogP contribution is -2.38. The largest absolute Gasteiger partial charge is 0.491 e. The summed E-state index contributed by atoms with van der Waals surface area (Å²) in [6.45, 7) is 7.97. The third-order valence-corrected chi connectivity index (χ3v) is 2.78. The molecule has 1 aliphatic rings. The highest BCUT2D eigenvalue weighted by Crippen LogP contribution is 2.23. The molecule has 1 fully saturated rings. The van der Waals surface area contributed by atoms with Crippen LogP contribution in [-0.4, -0.2) is 25.3 Å². The molecule has 0 aromatic heterocycles. The van der Waals surface area contributed by atoms with E-state index in [4.69, 9.17) is 9.47 Å². The van der Waals surface area contributed by atoms with E-state index in [2.05, 4.69) is 24.4 Å². The Morgan fingerprint density at radius 3 is 2.53 bits per heavy atom. The molecule has 2 rings (SSSR count). The number of hydrogen-bond acceptors (Lipinski definition) is 3. The van der Waals surface area contributed by atoms with Gasteiger partial charge in [-0.3, -0.25) is 0 Å². The summed E-state index contributed by atoms with van der Waals surface area (Å²) in [6, 6.07) is 8.19. The summed E-state index contributed by atoms with van der Waals surface area (Å²) < 4.78 is 11.5. The van der Waals surface area contributed by atoms with Crippen molar-refractivity contribution in [1.82, 2.24) is 5.32 Å². The van der Waals surface area contributed by atoms with Gasteiger partial charge in [0.1, 0.15) is 5.75 Å². The second-order valence-corrected chi connectivity index (χ2v) is 4.83. The van der Waals surface area contributed by atoms with Crippen molar-refractivity contribution in [2.75, 3.05) is 13.1 Å². The van der Waals surface area contributed by atoms with Gasteiger partial charge in [-0.05, 0) is 38.5 Å². The fraction of sp³-hybridized carbons (Fsp3) is 0.571. The first-order valence-electron chi connectivity index (χ1n) is 6.28. The summed E-state index contributed by atoms with van der Waals surface area (Å²) >= 11 is 0. The van der Waals surface area contributed by atoms with Gasteiger partial charge in [-0.2, -0.15) is 0 Å². The van der Waals surface area contributed by atoms with Gasteiger partial charge in [0.2, 0.25) is 0 Å². The average Bonchev–Trinajstić information content (AvgIpc) is 2.29. The smallest absolute Gasteiger partial charge is 0.119 e. The van der Waals surface area contributed by atoms with Crippen LogP contribution in [0.4, 0.5) is 0 Å². The van der Waals surface area contributed by atoms with Crippen LogP contribution in [0.25, 0.3) is 0 Å². The number of nitrogens with one attached hydrogen (secondary N) is 1. The third kappa shape index (κ3) is 3.45. The van der Waals surface area contributed by atoms with E-state index in [9.17, 15) is 0 Å². The molecule has 0 bridgehead atoms. The van der Waals surface area contributed by atoms with Crippen molar-refractivity contribution in [2.45, 2.75) is 39.1 Å². The first kappa shape index (κ1) is 12.4. The zero-order valence-corrected chi connectivity index (χ0v) is 10.8. The molecular formula is C14H21NO2. The predicted octanol–water partition coefficient (Wildman–Crippen LogP) is 2.52. The minimum absolute atomic E-state index is 0.159. The lowest BCUT2D eigenvalue weighted by Gasteiger charge is -2.29. The molecule has 3 nitrogen and oxygen atoms in total. The standard InChI is InChI=1S/C14H21NO2/c1-10(2)16-13-6-4-12(5-7-13)14-9-15-8-11(3)17-14/h4-7,10-11,14-15H,8-9H2,1-3H3. The Morgan fingerprint density at radius 1 is 1.24 bits per heavy atom. The molecule has 1 heterocycles. The molecule has 0 aliphatic carbocycles. The molecule has 1 aliphatic heterocycles. The molecule has 1 saturated heterocycles. The maximum atomic E-state index is 5.89. The maximum Gasteiger partial charge on any atom is 0.119 e. The van der Waals surface area contributed by atoms with Crippen LogP contribution in [0.15, 0.2) is 24.3 Å². The zero-order chi connectivity index (χ0) is 12.3. The predicted molar refractivity (Wildman–Crippen MR) is 68.4 cm³/mol. The Morgan fingerprint density at radius 2 is 1.94 bits per heavy atom. The van der Waals surface area contributed by atoms with Crippen molar-refractivity contribution < 1.29 is 9.47 Å². The minimum atomic E-state index is 0.159. The minimum Gasteiger partial charge on any atom is -0.491 e. The lowest BCUT2D eigenvalue weighted by atomic mass is 10.1. The van der Waals surface area contributed by atoms with Crippen molar-refractivity contribution in [3.63, 3.8) is 0 Å². The first-order chi connectivity index (χ1) is 8.15. The van der Waals surface area contributed by atoms with Gasteiger partial charge in [0, 0.05) is 13.1 Å². The Bertz CT molecular complexity index is 348. The van der Waals surface area contributed by atoms with Crippen LogP contribution in [-0.2, 0) is 4.74 Å². The molecule has 94 valence electrons. The Balaban J connectivity index is 2.01. The molecule has 2 unspecified atom stereocenters. The van der Waals surface area contributed by atoms with Crippen LogP contribution < -0.4 is 10.1 Å². The SMILES string of the molecule is CC(C)Oc1ccc(C2CNCC(C)O2)cc1. The fourth-order valence-electron chi connectivity index (χ4n) is 2.02. The van der Waals surface area contributed by atoms with Gasteiger partial charge in [0.05, 0.1) is 18.3 Å². The van der Waals surface area contributed by atoms with Crippen molar-refractivity contribution in [1.29, 1.82) is 0 Å². The van der Waals surface area contributed by atoms with Crippen molar-refractivity contribution >= 4 is 0 Å². The Hall–Kier alpha value is -1.06. The maximum absolute atomic E-state index is 5.89. The van der Waals surface area contributed by atoms with Crippen molar-refractivity contribution in [3.05, 3.63) is 29.8 Å². The zero-order valence-electron chi connectivity index (χ0n) is 10.8. The van der Waals surface area contributed by atoms with Gasteiger partial charge in [-0.1, -0.05) is 12.1 Å². The average molecular weight is 235 g/mol. The van der Waals surface area contributed by atoms with Crippen LogP contribution in [0, 0.1) is 0 Å². The molecule has 0 saturated carbocycles. The lowest BCUT2D eigenvalue weighted by molar-refractivity contribution is -0.0287. The van der Waals surface area contributed by atoms with Crippen LogP contribution >= 0.6 is 0 Å². The van der Waals surface area contributed by atoms with Crippen molar-refractivity contribution in [3.8, 4) is 5.75 Å². The summed E-state index contributed by atoms with van der Waals surface area (Å²) in [7, 11) is 0. The highest BCUT2D eigenvalue weighted by Gasteiger charge is 2.20. The summed E-state index contributed by atoms with van der Waals surface area (Å²) in [5.74, 6) is 0.917. The number of benzene rings is 1. The quantitative estimate of drug-likeness (QED) is 0.873. The molecule has 1 aromatic rings. The van der Waals surface area contributed by atoms with E-state index in [1.54, 1.807) is 0 Å².